The van der Waals surface area contributed by atoms with Crippen LogP contribution in [0.25, 0.3) is 0 Å². The number of esters is 1. The van der Waals surface area contributed by atoms with E-state index in [0.717, 1.165) is 12.0 Å². The molecule has 4 nitrogen and oxygen atoms in total. The van der Waals surface area contributed by atoms with Gasteiger partial charge in [-0.15, -0.1) is 0 Å². The first-order valence-electron chi connectivity index (χ1n) is 6.68. The van der Waals surface area contributed by atoms with Gasteiger partial charge in [0.25, 0.3) is 0 Å². The Morgan fingerprint density at radius 1 is 1.30 bits per heavy atom. The van der Waals surface area contributed by atoms with Gasteiger partial charge in [0, 0.05) is 36.0 Å². The Labute approximate surface area is 122 Å². The Morgan fingerprint density at radius 2 is 2.00 bits per heavy atom. The first kappa shape index (κ1) is 16.9. The maximum Gasteiger partial charge on any atom is 0.309 e. The molecule has 0 saturated heterocycles. The van der Waals surface area contributed by atoms with Gasteiger partial charge in [0.2, 0.25) is 0 Å². The number of hydrogen-bond donors (Lipinski definition) is 0. The van der Waals surface area contributed by atoms with E-state index < -0.39 is 10.8 Å². The lowest BCUT2D eigenvalue weighted by Gasteiger charge is -2.11. The summed E-state index contributed by atoms with van der Waals surface area (Å²) in [6, 6.07) is 9.52. The zero-order chi connectivity index (χ0) is 14.8. The largest absolute Gasteiger partial charge is 0.461 e. The van der Waals surface area contributed by atoms with E-state index in [0.29, 0.717) is 18.1 Å². The smallest absolute Gasteiger partial charge is 0.309 e. The van der Waals surface area contributed by atoms with Gasteiger partial charge in [0.15, 0.2) is 0 Å². The van der Waals surface area contributed by atoms with E-state index >= 15 is 0 Å². The third-order valence-electron chi connectivity index (χ3n) is 2.78. The molecule has 0 aliphatic rings. The third-order valence-corrected chi connectivity index (χ3v) is 4.40. The molecular formula is C15H22O4S. The lowest BCUT2D eigenvalue weighted by Crippen LogP contribution is -2.22. The molecule has 0 amide bonds. The van der Waals surface area contributed by atoms with Crippen LogP contribution in [-0.4, -0.2) is 35.4 Å². The number of hydrogen-bond acceptors (Lipinski definition) is 4. The van der Waals surface area contributed by atoms with Crippen LogP contribution in [-0.2, 0) is 31.7 Å². The molecule has 1 aromatic carbocycles. The maximum atomic E-state index is 11.8. The number of rotatable bonds is 9. The normalized spacial score (nSPS) is 13.7. The summed E-state index contributed by atoms with van der Waals surface area (Å²) in [5.41, 5.74) is 0.953. The van der Waals surface area contributed by atoms with E-state index in [2.05, 4.69) is 0 Å². The zero-order valence-electron chi connectivity index (χ0n) is 12.0. The first-order chi connectivity index (χ1) is 9.63. The quantitative estimate of drug-likeness (QED) is 0.518. The topological polar surface area (TPSA) is 52.6 Å². The average molecular weight is 298 g/mol. The molecule has 0 N–H and O–H groups in total. The molecule has 2 unspecified atom stereocenters. The predicted molar refractivity (Wildman–Crippen MR) is 79.8 cm³/mol. The lowest BCUT2D eigenvalue weighted by molar-refractivity contribution is -0.148. The van der Waals surface area contributed by atoms with Crippen LogP contribution in [0.15, 0.2) is 30.3 Å². The highest BCUT2D eigenvalue weighted by Crippen LogP contribution is 2.06. The molecule has 0 aliphatic carbocycles. The molecule has 0 radical (unpaired) electrons. The van der Waals surface area contributed by atoms with Crippen LogP contribution >= 0.6 is 0 Å². The number of carbonyl (C=O) groups excluding carboxylic acids is 1. The monoisotopic (exact) mass is 298 g/mol. The van der Waals surface area contributed by atoms with Crippen molar-refractivity contribution >= 4 is 16.8 Å². The molecule has 112 valence electrons. The summed E-state index contributed by atoms with van der Waals surface area (Å²) in [7, 11) is 0.616. The summed E-state index contributed by atoms with van der Waals surface area (Å²) in [6.45, 7) is 2.61. The van der Waals surface area contributed by atoms with E-state index in [9.17, 15) is 9.00 Å². The van der Waals surface area contributed by atoms with Gasteiger partial charge in [-0.1, -0.05) is 37.3 Å². The van der Waals surface area contributed by atoms with Crippen molar-refractivity contribution in [2.24, 2.45) is 5.92 Å². The second kappa shape index (κ2) is 9.66. The minimum absolute atomic E-state index is 0.264. The summed E-state index contributed by atoms with van der Waals surface area (Å²) in [6.07, 6.45) is 0.745. The van der Waals surface area contributed by atoms with Crippen LogP contribution in [0.5, 0.6) is 0 Å². The van der Waals surface area contributed by atoms with Gasteiger partial charge < -0.3 is 9.47 Å². The van der Waals surface area contributed by atoms with Crippen molar-refractivity contribution in [3.05, 3.63) is 35.9 Å². The van der Waals surface area contributed by atoms with Gasteiger partial charge in [-0.05, 0) is 12.0 Å². The summed E-state index contributed by atoms with van der Waals surface area (Å²) in [5, 5.41) is 0. The van der Waals surface area contributed by atoms with E-state index in [1.54, 1.807) is 14.0 Å². The fourth-order valence-electron chi connectivity index (χ4n) is 1.67. The molecule has 5 heteroatoms. The molecule has 0 fully saturated rings. The molecule has 0 saturated carbocycles. The molecular weight excluding hydrogens is 276 g/mol. The molecule has 0 aromatic heterocycles. The van der Waals surface area contributed by atoms with E-state index in [4.69, 9.17) is 9.47 Å². The lowest BCUT2D eigenvalue weighted by atomic mass is 10.2. The fourth-order valence-corrected chi connectivity index (χ4v) is 2.97. The highest BCUT2D eigenvalue weighted by molar-refractivity contribution is 7.85. The highest BCUT2D eigenvalue weighted by Gasteiger charge is 2.17. The van der Waals surface area contributed by atoms with Crippen LogP contribution in [0, 0.1) is 5.92 Å². The number of methoxy groups -OCH3 is 1. The molecule has 0 spiro atoms. The van der Waals surface area contributed by atoms with Crippen molar-refractivity contribution in [1.29, 1.82) is 0 Å². The van der Waals surface area contributed by atoms with Crippen LogP contribution < -0.4 is 0 Å². The molecule has 20 heavy (non-hydrogen) atoms. The van der Waals surface area contributed by atoms with Gasteiger partial charge >= 0.3 is 5.97 Å². The summed E-state index contributed by atoms with van der Waals surface area (Å²) >= 11 is 0. The van der Waals surface area contributed by atoms with Crippen molar-refractivity contribution in [2.45, 2.75) is 20.0 Å². The molecule has 1 aromatic rings. The summed E-state index contributed by atoms with van der Waals surface area (Å²) < 4.78 is 21.9. The van der Waals surface area contributed by atoms with Gasteiger partial charge in [0.05, 0.1) is 5.92 Å². The predicted octanol–water partition coefficient (Wildman–Crippen LogP) is 2.15. The van der Waals surface area contributed by atoms with Crippen molar-refractivity contribution in [2.75, 3.05) is 25.2 Å². The number of carbonyl (C=O) groups is 1. The van der Waals surface area contributed by atoms with Crippen molar-refractivity contribution < 1.29 is 18.5 Å². The Balaban J connectivity index is 2.26. The summed E-state index contributed by atoms with van der Waals surface area (Å²) in [5.74, 6) is 0.262. The Bertz CT molecular complexity index is 419. The summed E-state index contributed by atoms with van der Waals surface area (Å²) in [4.78, 5) is 11.8. The fraction of sp³-hybridized carbons (Fsp3) is 0.533. The third kappa shape index (κ3) is 6.82. The zero-order valence-corrected chi connectivity index (χ0v) is 12.9. The van der Waals surface area contributed by atoms with Crippen molar-refractivity contribution in [3.8, 4) is 0 Å². The van der Waals surface area contributed by atoms with E-state index in [1.165, 1.54) is 0 Å². The van der Waals surface area contributed by atoms with Gasteiger partial charge in [-0.3, -0.25) is 9.00 Å². The molecule has 2 atom stereocenters. The Morgan fingerprint density at radius 3 is 2.65 bits per heavy atom. The Hall–Kier alpha value is -1.20. The number of ether oxygens (including phenoxy) is 2. The van der Waals surface area contributed by atoms with E-state index in [-0.39, 0.29) is 18.5 Å². The van der Waals surface area contributed by atoms with Gasteiger partial charge in [-0.2, -0.15) is 0 Å². The average Bonchev–Trinajstić information content (AvgIpc) is 2.46. The van der Waals surface area contributed by atoms with Crippen LogP contribution in [0.4, 0.5) is 0 Å². The molecule has 0 aliphatic heterocycles. The van der Waals surface area contributed by atoms with E-state index in [1.807, 2.05) is 30.3 Å². The molecule has 0 heterocycles. The SMILES string of the molecule is COCCCS(=O)CC(C)C(=O)OCc1ccccc1. The van der Waals surface area contributed by atoms with Crippen molar-refractivity contribution in [1.82, 2.24) is 0 Å². The van der Waals surface area contributed by atoms with Crippen LogP contribution in [0.3, 0.4) is 0 Å². The maximum absolute atomic E-state index is 11.8. The van der Waals surface area contributed by atoms with Crippen molar-refractivity contribution in [3.63, 3.8) is 0 Å². The second-order valence-corrected chi connectivity index (χ2v) is 6.27. The minimum Gasteiger partial charge on any atom is -0.461 e. The Kier molecular flexibility index (Phi) is 8.14. The van der Waals surface area contributed by atoms with Crippen LogP contribution in [0.1, 0.15) is 18.9 Å². The highest BCUT2D eigenvalue weighted by atomic mass is 32.2. The van der Waals surface area contributed by atoms with Gasteiger partial charge in [0.1, 0.15) is 6.61 Å². The first-order valence-corrected chi connectivity index (χ1v) is 8.16. The van der Waals surface area contributed by atoms with Crippen LogP contribution in [0.2, 0.25) is 0 Å². The minimum atomic E-state index is -1.00. The second-order valence-electron chi connectivity index (χ2n) is 4.65. The standard InChI is InChI=1S/C15H22O4S/c1-13(12-20(17)10-6-9-18-2)15(16)19-11-14-7-4-3-5-8-14/h3-5,7-8,13H,6,9-12H2,1-2H3. The molecule has 0 bridgehead atoms. The number of benzene rings is 1. The molecule has 1 rings (SSSR count). The van der Waals surface area contributed by atoms with Gasteiger partial charge in [-0.25, -0.2) is 0 Å².